The zero-order chi connectivity index (χ0) is 38.4. The number of hydrogen-bond acceptors (Lipinski definition) is 0. The predicted octanol–water partition coefficient (Wildman–Crippen LogP) is 16.9. The molecule has 0 spiro atoms. The Morgan fingerprint density at radius 2 is 0.786 bits per heavy atom. The number of unbranched alkanes of at least 4 members (excludes halogenated alkanes) is 10. The van der Waals surface area contributed by atoms with Crippen LogP contribution in [0, 0.1) is 0 Å². The monoisotopic (exact) mass is 864 g/mol. The fraction of sp³-hybridized carbons (Fsp3) is 0.308. The van der Waals surface area contributed by atoms with Crippen molar-refractivity contribution in [1.82, 2.24) is 9.13 Å². The van der Waals surface area contributed by atoms with Crippen LogP contribution in [0.2, 0.25) is 0 Å². The second kappa shape index (κ2) is 18.0. The molecule has 286 valence electrons. The van der Waals surface area contributed by atoms with E-state index in [-0.39, 0.29) is 0 Å². The minimum atomic E-state index is 1.12. The largest absolute Gasteiger partial charge is 0.308 e. The molecule has 6 aromatic carbocycles. The number of hydrogen-bond donors (Lipinski definition) is 0. The smallest absolute Gasteiger partial charge is 0.0683 e. The Bertz CT molecular complexity index is 2390. The standard InChI is InChI=1S/C52H54Br2N2/c1-3-5-7-9-11-13-17-37-23-33-49-45(35-37)43-19-15-21-47(53)51(43)55(49)41-29-25-39(26-30-41)40-27-31-42(32-28-40)56-50-34-24-38(18-14-12-10-8-6-4-2)36-46(50)44-20-16-22-48(54)52(44)56/h15-16,19-36H,3-14,17-18H2,1-2H3. The molecule has 56 heavy (non-hydrogen) atoms. The normalized spacial score (nSPS) is 11.9. The van der Waals surface area contributed by atoms with Crippen molar-refractivity contribution in [2.24, 2.45) is 0 Å². The van der Waals surface area contributed by atoms with Crippen LogP contribution in [-0.4, -0.2) is 9.13 Å². The van der Waals surface area contributed by atoms with Gasteiger partial charge in [0.1, 0.15) is 0 Å². The summed E-state index contributed by atoms with van der Waals surface area (Å²) in [5.74, 6) is 0. The van der Waals surface area contributed by atoms with Gasteiger partial charge in [-0.25, -0.2) is 0 Å². The van der Waals surface area contributed by atoms with Crippen LogP contribution in [0.3, 0.4) is 0 Å². The zero-order valence-corrected chi connectivity index (χ0v) is 36.3. The van der Waals surface area contributed by atoms with Gasteiger partial charge in [-0.05, 0) is 140 Å². The number of aryl methyl sites for hydroxylation is 2. The van der Waals surface area contributed by atoms with Crippen LogP contribution >= 0.6 is 31.9 Å². The molecule has 0 atom stereocenters. The maximum atomic E-state index is 3.92. The molecule has 0 fully saturated rings. The highest BCUT2D eigenvalue weighted by Crippen LogP contribution is 2.39. The summed E-state index contributed by atoms with van der Waals surface area (Å²) in [6.07, 6.45) is 18.2. The first-order valence-corrected chi connectivity index (χ1v) is 22.8. The highest BCUT2D eigenvalue weighted by Gasteiger charge is 2.17. The van der Waals surface area contributed by atoms with Gasteiger partial charge in [-0.2, -0.15) is 0 Å². The van der Waals surface area contributed by atoms with Crippen molar-refractivity contribution in [2.75, 3.05) is 0 Å². The number of para-hydroxylation sites is 2. The van der Waals surface area contributed by atoms with E-state index in [9.17, 15) is 0 Å². The number of aromatic nitrogens is 2. The van der Waals surface area contributed by atoms with E-state index < -0.39 is 0 Å². The summed E-state index contributed by atoms with van der Waals surface area (Å²) in [4.78, 5) is 0. The van der Waals surface area contributed by atoms with E-state index >= 15 is 0 Å². The van der Waals surface area contributed by atoms with Crippen LogP contribution in [0.4, 0.5) is 0 Å². The van der Waals surface area contributed by atoms with E-state index in [1.165, 1.54) is 154 Å². The third-order valence-electron chi connectivity index (χ3n) is 11.8. The fourth-order valence-electron chi connectivity index (χ4n) is 8.82. The molecule has 0 amide bonds. The first kappa shape index (κ1) is 38.7. The van der Waals surface area contributed by atoms with Gasteiger partial charge in [0.25, 0.3) is 0 Å². The lowest BCUT2D eigenvalue weighted by atomic mass is 10.0. The predicted molar refractivity (Wildman–Crippen MR) is 250 cm³/mol. The molecule has 0 saturated carbocycles. The molecule has 8 rings (SSSR count). The molecule has 2 heterocycles. The summed E-state index contributed by atoms with van der Waals surface area (Å²) in [6.45, 7) is 4.57. The second-order valence-corrected chi connectivity index (χ2v) is 17.5. The Hall–Kier alpha value is -4.12. The van der Waals surface area contributed by atoms with Crippen molar-refractivity contribution in [3.05, 3.63) is 141 Å². The summed E-state index contributed by atoms with van der Waals surface area (Å²) in [5.41, 5.74) is 12.6. The molecule has 0 aliphatic heterocycles. The Morgan fingerprint density at radius 3 is 1.20 bits per heavy atom. The molecule has 2 aromatic heterocycles. The van der Waals surface area contributed by atoms with Gasteiger partial charge in [-0.3, -0.25) is 0 Å². The van der Waals surface area contributed by atoms with Gasteiger partial charge in [0.2, 0.25) is 0 Å². The quantitative estimate of drug-likeness (QED) is 0.0807. The lowest BCUT2D eigenvalue weighted by Gasteiger charge is -2.12. The molecule has 2 nitrogen and oxygen atoms in total. The van der Waals surface area contributed by atoms with Crippen molar-refractivity contribution in [3.63, 3.8) is 0 Å². The lowest BCUT2D eigenvalue weighted by molar-refractivity contribution is 0.607. The van der Waals surface area contributed by atoms with Gasteiger partial charge >= 0.3 is 0 Å². The molecule has 0 aliphatic carbocycles. The van der Waals surface area contributed by atoms with E-state index in [4.69, 9.17) is 0 Å². The highest BCUT2D eigenvalue weighted by atomic mass is 79.9. The average Bonchev–Trinajstić information content (AvgIpc) is 3.74. The molecule has 0 bridgehead atoms. The van der Waals surface area contributed by atoms with Gasteiger partial charge < -0.3 is 9.13 Å². The van der Waals surface area contributed by atoms with Crippen LogP contribution < -0.4 is 0 Å². The molecule has 0 N–H and O–H groups in total. The number of benzene rings is 6. The van der Waals surface area contributed by atoms with Gasteiger partial charge in [-0.1, -0.05) is 139 Å². The fourth-order valence-corrected chi connectivity index (χ4v) is 9.91. The highest BCUT2D eigenvalue weighted by molar-refractivity contribution is 9.11. The van der Waals surface area contributed by atoms with Crippen molar-refractivity contribution in [3.8, 4) is 22.5 Å². The number of fused-ring (bicyclic) bond motifs is 6. The molecule has 0 radical (unpaired) electrons. The van der Waals surface area contributed by atoms with Crippen molar-refractivity contribution >= 4 is 75.5 Å². The Morgan fingerprint density at radius 1 is 0.393 bits per heavy atom. The van der Waals surface area contributed by atoms with E-state index in [1.54, 1.807) is 0 Å². The van der Waals surface area contributed by atoms with Crippen LogP contribution in [0.5, 0.6) is 0 Å². The minimum Gasteiger partial charge on any atom is -0.308 e. The summed E-state index contributed by atoms with van der Waals surface area (Å²) in [7, 11) is 0. The number of rotatable bonds is 17. The zero-order valence-electron chi connectivity index (χ0n) is 33.1. The topological polar surface area (TPSA) is 9.86 Å². The van der Waals surface area contributed by atoms with Gasteiger partial charge in [0.15, 0.2) is 0 Å². The molecule has 8 aromatic rings. The first-order valence-electron chi connectivity index (χ1n) is 21.2. The molecule has 4 heteroatoms. The third-order valence-corrected chi connectivity index (χ3v) is 13.1. The number of halogens is 2. The molecule has 0 saturated heterocycles. The Balaban J connectivity index is 1.06. The van der Waals surface area contributed by atoms with E-state index in [0.29, 0.717) is 0 Å². The van der Waals surface area contributed by atoms with Gasteiger partial charge in [0.05, 0.1) is 22.1 Å². The van der Waals surface area contributed by atoms with Gasteiger partial charge in [0, 0.05) is 41.9 Å². The van der Waals surface area contributed by atoms with Crippen LogP contribution in [0.25, 0.3) is 66.1 Å². The number of nitrogens with zero attached hydrogens (tertiary/aromatic N) is 2. The Kier molecular flexibility index (Phi) is 12.4. The molecule has 0 unspecified atom stereocenters. The molecular weight excluding hydrogens is 812 g/mol. The lowest BCUT2D eigenvalue weighted by Crippen LogP contribution is -1.96. The first-order chi connectivity index (χ1) is 27.6. The van der Waals surface area contributed by atoms with Crippen LogP contribution in [0.1, 0.15) is 102 Å². The van der Waals surface area contributed by atoms with Crippen LogP contribution in [-0.2, 0) is 12.8 Å². The van der Waals surface area contributed by atoms with E-state index in [0.717, 1.165) is 21.8 Å². The van der Waals surface area contributed by atoms with Gasteiger partial charge in [-0.15, -0.1) is 0 Å². The second-order valence-electron chi connectivity index (χ2n) is 15.8. The van der Waals surface area contributed by atoms with Crippen LogP contribution in [0.15, 0.2) is 130 Å². The van der Waals surface area contributed by atoms with Crippen molar-refractivity contribution < 1.29 is 0 Å². The SMILES string of the molecule is CCCCCCCCc1ccc2c(c1)c1cccc(Br)c1n2-c1ccc(-c2ccc(-n3c4ccc(CCCCCCCC)cc4c4cccc(Br)c43)cc2)cc1. The van der Waals surface area contributed by atoms with Crippen molar-refractivity contribution in [1.29, 1.82) is 0 Å². The summed E-state index contributed by atoms with van der Waals surface area (Å²) in [5, 5.41) is 5.25. The minimum absolute atomic E-state index is 1.12. The summed E-state index contributed by atoms with van der Waals surface area (Å²) < 4.78 is 7.09. The third kappa shape index (κ3) is 8.02. The van der Waals surface area contributed by atoms with E-state index in [2.05, 4.69) is 176 Å². The molecule has 0 aliphatic rings. The maximum absolute atomic E-state index is 3.92. The summed E-state index contributed by atoms with van der Waals surface area (Å²) >= 11 is 7.84. The molecular formula is C52H54Br2N2. The van der Waals surface area contributed by atoms with Crippen molar-refractivity contribution in [2.45, 2.75) is 104 Å². The van der Waals surface area contributed by atoms with E-state index in [1.807, 2.05) is 0 Å². The summed E-state index contributed by atoms with van der Waals surface area (Å²) in [6, 6.07) is 45.6. The Labute approximate surface area is 350 Å². The maximum Gasteiger partial charge on any atom is 0.0683 e. The average molecular weight is 867 g/mol.